The molecular weight excluding hydrogens is 168 g/mol. The highest BCUT2D eigenvalue weighted by atomic mass is 32.1. The van der Waals surface area contributed by atoms with Crippen molar-refractivity contribution in [3.63, 3.8) is 0 Å². The van der Waals surface area contributed by atoms with Crippen molar-refractivity contribution in [2.75, 3.05) is 13.1 Å². The summed E-state index contributed by atoms with van der Waals surface area (Å²) in [5, 5.41) is 0. The van der Waals surface area contributed by atoms with Crippen molar-refractivity contribution in [2.24, 2.45) is 11.7 Å². The first-order valence-corrected chi connectivity index (χ1v) is 5.09. The first-order chi connectivity index (χ1) is 5.65. The smallest absolute Gasteiger partial charge is 0.0768 e. The maximum atomic E-state index is 5.56. The molecule has 1 atom stereocenters. The van der Waals surface area contributed by atoms with Crippen molar-refractivity contribution in [1.29, 1.82) is 0 Å². The zero-order chi connectivity index (χ0) is 9.14. The number of nitrogens with zero attached hydrogens (tertiary/aromatic N) is 1. The average molecular weight is 186 g/mol. The van der Waals surface area contributed by atoms with Gasteiger partial charge in [0.25, 0.3) is 0 Å². The monoisotopic (exact) mass is 186 g/mol. The van der Waals surface area contributed by atoms with Crippen LogP contribution in [0.1, 0.15) is 26.7 Å². The first kappa shape index (κ1) is 9.93. The molecule has 0 aromatic rings. The molecule has 0 bridgehead atoms. The van der Waals surface area contributed by atoms with Gasteiger partial charge in [-0.2, -0.15) is 0 Å². The summed E-state index contributed by atoms with van der Waals surface area (Å²) < 4.78 is 0. The van der Waals surface area contributed by atoms with Gasteiger partial charge in [-0.3, -0.25) is 4.90 Å². The van der Waals surface area contributed by atoms with Gasteiger partial charge < -0.3 is 5.73 Å². The number of hydrogen-bond acceptors (Lipinski definition) is 2. The molecule has 70 valence electrons. The van der Waals surface area contributed by atoms with Crippen molar-refractivity contribution in [2.45, 2.75) is 32.7 Å². The zero-order valence-corrected chi connectivity index (χ0v) is 8.73. The van der Waals surface area contributed by atoms with Gasteiger partial charge in [0.1, 0.15) is 0 Å². The van der Waals surface area contributed by atoms with E-state index in [1.54, 1.807) is 0 Å². The van der Waals surface area contributed by atoms with Crippen LogP contribution in [0.25, 0.3) is 0 Å². The maximum Gasteiger partial charge on any atom is 0.0768 e. The van der Waals surface area contributed by atoms with E-state index in [9.17, 15) is 0 Å². The van der Waals surface area contributed by atoms with Crippen LogP contribution in [0.15, 0.2) is 0 Å². The molecule has 1 fully saturated rings. The van der Waals surface area contributed by atoms with E-state index < -0.39 is 0 Å². The van der Waals surface area contributed by atoms with Crippen LogP contribution in [0.2, 0.25) is 0 Å². The lowest BCUT2D eigenvalue weighted by Crippen LogP contribution is -2.35. The second-order valence-corrected chi connectivity index (χ2v) is 4.09. The molecule has 3 heteroatoms. The van der Waals surface area contributed by atoms with Crippen LogP contribution >= 0.6 is 12.2 Å². The third-order valence-electron chi connectivity index (χ3n) is 2.46. The van der Waals surface area contributed by atoms with Crippen molar-refractivity contribution in [3.05, 3.63) is 0 Å². The van der Waals surface area contributed by atoms with Gasteiger partial charge in [0.15, 0.2) is 0 Å². The Morgan fingerprint density at radius 2 is 2.25 bits per heavy atom. The molecule has 2 nitrogen and oxygen atoms in total. The Morgan fingerprint density at radius 1 is 1.67 bits per heavy atom. The number of thiocarbonyl (C=S) groups is 1. The molecular formula is C9H18N2S. The normalized spacial score (nSPS) is 19.6. The molecule has 0 amide bonds. The first-order valence-electron chi connectivity index (χ1n) is 4.68. The minimum absolute atomic E-state index is 0.362. The largest absolute Gasteiger partial charge is 0.393 e. The molecule has 12 heavy (non-hydrogen) atoms. The quantitative estimate of drug-likeness (QED) is 0.658. The van der Waals surface area contributed by atoms with E-state index in [1.807, 2.05) is 0 Å². The number of rotatable bonds is 5. The van der Waals surface area contributed by atoms with Crippen LogP contribution in [0, 0.1) is 5.92 Å². The average Bonchev–Trinajstić information content (AvgIpc) is 2.82. The van der Waals surface area contributed by atoms with Crippen LogP contribution in [0.4, 0.5) is 0 Å². The summed E-state index contributed by atoms with van der Waals surface area (Å²) in [7, 11) is 0. The summed E-state index contributed by atoms with van der Waals surface area (Å²) in [6, 6.07) is 0.826. The predicted molar refractivity (Wildman–Crippen MR) is 56.2 cm³/mol. The lowest BCUT2D eigenvalue weighted by molar-refractivity contribution is 0.262. The van der Waals surface area contributed by atoms with E-state index in [2.05, 4.69) is 18.7 Å². The summed E-state index contributed by atoms with van der Waals surface area (Å²) in [5.41, 5.74) is 5.56. The Morgan fingerprint density at radius 3 is 2.58 bits per heavy atom. The highest BCUT2D eigenvalue weighted by Gasteiger charge is 2.28. The molecule has 0 heterocycles. The predicted octanol–water partition coefficient (Wildman–Crippen LogP) is 1.39. The lowest BCUT2D eigenvalue weighted by atomic mass is 10.1. The van der Waals surface area contributed by atoms with Gasteiger partial charge in [-0.25, -0.2) is 0 Å². The van der Waals surface area contributed by atoms with E-state index in [0.717, 1.165) is 19.1 Å². The Balaban J connectivity index is 2.30. The molecule has 0 aliphatic heterocycles. The SMILES string of the molecule is CCN(CC(C)C(N)=S)C1CC1. The maximum absolute atomic E-state index is 5.56. The summed E-state index contributed by atoms with van der Waals surface area (Å²) in [6.07, 6.45) is 2.72. The third-order valence-corrected chi connectivity index (χ3v) is 2.87. The molecule has 0 spiro atoms. The fourth-order valence-electron chi connectivity index (χ4n) is 1.42. The summed E-state index contributed by atoms with van der Waals surface area (Å²) >= 11 is 4.94. The van der Waals surface area contributed by atoms with Gasteiger partial charge in [-0.15, -0.1) is 0 Å². The standard InChI is InChI=1S/C9H18N2S/c1-3-11(8-4-5-8)6-7(2)9(10)12/h7-8H,3-6H2,1-2H3,(H2,10,12). The van der Waals surface area contributed by atoms with E-state index in [0.29, 0.717) is 10.9 Å². The van der Waals surface area contributed by atoms with Gasteiger partial charge in [0, 0.05) is 18.5 Å². The number of hydrogen-bond donors (Lipinski definition) is 1. The van der Waals surface area contributed by atoms with Crippen LogP contribution < -0.4 is 5.73 Å². The summed E-state index contributed by atoms with van der Waals surface area (Å²) in [5.74, 6) is 0.362. The lowest BCUT2D eigenvalue weighted by Gasteiger charge is -2.23. The fraction of sp³-hybridized carbons (Fsp3) is 0.889. The molecule has 1 aliphatic rings. The van der Waals surface area contributed by atoms with Gasteiger partial charge in [0.2, 0.25) is 0 Å². The van der Waals surface area contributed by atoms with Gasteiger partial charge >= 0.3 is 0 Å². The molecule has 1 saturated carbocycles. The molecule has 1 rings (SSSR count). The molecule has 0 radical (unpaired) electrons. The highest BCUT2D eigenvalue weighted by molar-refractivity contribution is 7.80. The van der Waals surface area contributed by atoms with Crippen molar-refractivity contribution in [3.8, 4) is 0 Å². The van der Waals surface area contributed by atoms with E-state index in [4.69, 9.17) is 18.0 Å². The molecule has 1 aliphatic carbocycles. The van der Waals surface area contributed by atoms with E-state index in [-0.39, 0.29) is 0 Å². The van der Waals surface area contributed by atoms with Gasteiger partial charge in [-0.05, 0) is 19.4 Å². The molecule has 0 saturated heterocycles. The summed E-state index contributed by atoms with van der Waals surface area (Å²) in [4.78, 5) is 3.12. The Kier molecular flexibility index (Phi) is 3.47. The van der Waals surface area contributed by atoms with E-state index >= 15 is 0 Å². The van der Waals surface area contributed by atoms with E-state index in [1.165, 1.54) is 12.8 Å². The minimum Gasteiger partial charge on any atom is -0.393 e. The Hall–Kier alpha value is -0.150. The third kappa shape index (κ3) is 2.72. The van der Waals surface area contributed by atoms with Crippen molar-refractivity contribution in [1.82, 2.24) is 4.90 Å². The van der Waals surface area contributed by atoms with Crippen LogP contribution in [0.3, 0.4) is 0 Å². The molecule has 1 unspecified atom stereocenters. The van der Waals surface area contributed by atoms with Crippen LogP contribution in [-0.4, -0.2) is 29.0 Å². The fourth-order valence-corrected chi connectivity index (χ4v) is 1.49. The molecule has 0 aromatic carbocycles. The van der Waals surface area contributed by atoms with Crippen molar-refractivity contribution >= 4 is 17.2 Å². The topological polar surface area (TPSA) is 29.3 Å². The van der Waals surface area contributed by atoms with Crippen molar-refractivity contribution < 1.29 is 0 Å². The van der Waals surface area contributed by atoms with Crippen LogP contribution in [-0.2, 0) is 0 Å². The molecule has 0 aromatic heterocycles. The second-order valence-electron chi connectivity index (χ2n) is 3.62. The zero-order valence-electron chi connectivity index (χ0n) is 7.92. The number of nitrogens with two attached hydrogens (primary N) is 1. The second kappa shape index (κ2) is 4.19. The minimum atomic E-state index is 0.362. The van der Waals surface area contributed by atoms with Gasteiger partial charge in [-0.1, -0.05) is 26.1 Å². The van der Waals surface area contributed by atoms with Gasteiger partial charge in [0.05, 0.1) is 4.99 Å². The highest BCUT2D eigenvalue weighted by Crippen LogP contribution is 2.27. The Bertz CT molecular complexity index is 166. The molecule has 2 N–H and O–H groups in total. The summed E-state index contributed by atoms with van der Waals surface area (Å²) in [6.45, 7) is 6.46. The Labute approximate surface area is 80.1 Å². The van der Waals surface area contributed by atoms with Crippen LogP contribution in [0.5, 0.6) is 0 Å².